The average Bonchev–Trinajstić information content (AvgIpc) is 3.02. The summed E-state index contributed by atoms with van der Waals surface area (Å²) in [6, 6.07) is 13.3. The molecule has 3 aromatic rings. The standard InChI is InChI=1S/C19H18FN3O2/c20-15-6-7-17-16(10-15)14(11-22-17)8-9-21-18(24)12-23-19(25)13-4-2-1-3-5-13/h1-7,10-11,22H,8-9,12H2,(H,21,24)(H,23,25). The fourth-order valence-corrected chi connectivity index (χ4v) is 2.61. The lowest BCUT2D eigenvalue weighted by Gasteiger charge is -2.07. The number of hydrogen-bond donors (Lipinski definition) is 3. The van der Waals surface area contributed by atoms with E-state index in [4.69, 9.17) is 0 Å². The lowest BCUT2D eigenvalue weighted by atomic mass is 10.1. The first kappa shape index (κ1) is 16.7. The van der Waals surface area contributed by atoms with E-state index in [1.807, 2.05) is 12.3 Å². The zero-order valence-electron chi connectivity index (χ0n) is 13.5. The molecule has 128 valence electrons. The third-order valence-electron chi connectivity index (χ3n) is 3.89. The van der Waals surface area contributed by atoms with Crippen molar-refractivity contribution in [2.75, 3.05) is 13.1 Å². The van der Waals surface area contributed by atoms with Crippen LogP contribution in [0.4, 0.5) is 4.39 Å². The highest BCUT2D eigenvalue weighted by Gasteiger charge is 2.08. The third-order valence-corrected chi connectivity index (χ3v) is 3.89. The van der Waals surface area contributed by atoms with Gasteiger partial charge in [-0.25, -0.2) is 4.39 Å². The molecule has 0 atom stereocenters. The molecule has 25 heavy (non-hydrogen) atoms. The van der Waals surface area contributed by atoms with Crippen molar-refractivity contribution in [3.63, 3.8) is 0 Å². The molecule has 0 aliphatic rings. The normalized spacial score (nSPS) is 10.6. The maximum absolute atomic E-state index is 13.3. The van der Waals surface area contributed by atoms with Crippen LogP contribution in [0.25, 0.3) is 10.9 Å². The number of fused-ring (bicyclic) bond motifs is 1. The molecule has 0 saturated carbocycles. The Labute approximate surface area is 144 Å². The largest absolute Gasteiger partial charge is 0.361 e. The van der Waals surface area contributed by atoms with Gasteiger partial charge in [-0.2, -0.15) is 0 Å². The molecule has 3 N–H and O–H groups in total. The molecule has 1 aromatic heterocycles. The Morgan fingerprint density at radius 2 is 1.84 bits per heavy atom. The number of H-pyrrole nitrogens is 1. The first-order chi connectivity index (χ1) is 12.1. The molecule has 2 amide bonds. The second kappa shape index (κ2) is 7.61. The molecular weight excluding hydrogens is 321 g/mol. The Hall–Kier alpha value is -3.15. The number of carbonyl (C=O) groups excluding carboxylic acids is 2. The van der Waals surface area contributed by atoms with Gasteiger partial charge in [0.2, 0.25) is 5.91 Å². The van der Waals surface area contributed by atoms with Crippen molar-refractivity contribution in [2.45, 2.75) is 6.42 Å². The highest BCUT2D eigenvalue weighted by atomic mass is 19.1. The van der Waals surface area contributed by atoms with E-state index in [-0.39, 0.29) is 24.2 Å². The summed E-state index contributed by atoms with van der Waals surface area (Å²) in [5.74, 6) is -0.848. The van der Waals surface area contributed by atoms with Crippen molar-refractivity contribution in [2.24, 2.45) is 0 Å². The molecule has 0 radical (unpaired) electrons. The van der Waals surface area contributed by atoms with Gasteiger partial charge in [0, 0.05) is 29.2 Å². The summed E-state index contributed by atoms with van der Waals surface area (Å²) in [5, 5.41) is 6.13. The minimum atomic E-state index is -0.291. The number of amides is 2. The van der Waals surface area contributed by atoms with Crippen LogP contribution in [0.2, 0.25) is 0 Å². The van der Waals surface area contributed by atoms with Crippen molar-refractivity contribution in [3.05, 3.63) is 71.7 Å². The number of aromatic nitrogens is 1. The molecule has 0 aliphatic heterocycles. The van der Waals surface area contributed by atoms with Gasteiger partial charge in [0.25, 0.3) is 5.91 Å². The maximum Gasteiger partial charge on any atom is 0.251 e. The molecule has 0 spiro atoms. The Morgan fingerprint density at radius 1 is 1.04 bits per heavy atom. The molecule has 3 rings (SSSR count). The molecule has 5 nitrogen and oxygen atoms in total. The van der Waals surface area contributed by atoms with E-state index in [0.717, 1.165) is 16.5 Å². The summed E-state index contributed by atoms with van der Waals surface area (Å²) in [4.78, 5) is 26.8. The fourth-order valence-electron chi connectivity index (χ4n) is 2.61. The first-order valence-corrected chi connectivity index (χ1v) is 7.99. The van der Waals surface area contributed by atoms with E-state index in [1.165, 1.54) is 12.1 Å². The zero-order valence-corrected chi connectivity index (χ0v) is 13.5. The number of nitrogens with one attached hydrogen (secondary N) is 3. The summed E-state index contributed by atoms with van der Waals surface area (Å²) >= 11 is 0. The van der Waals surface area contributed by atoms with Gasteiger partial charge < -0.3 is 15.6 Å². The van der Waals surface area contributed by atoms with E-state index in [0.29, 0.717) is 18.5 Å². The Bertz CT molecular complexity index is 890. The highest BCUT2D eigenvalue weighted by molar-refractivity contribution is 5.96. The van der Waals surface area contributed by atoms with Crippen LogP contribution in [0.1, 0.15) is 15.9 Å². The molecule has 0 bridgehead atoms. The van der Waals surface area contributed by atoms with Gasteiger partial charge in [0.1, 0.15) is 5.82 Å². The monoisotopic (exact) mass is 339 g/mol. The van der Waals surface area contributed by atoms with Crippen molar-refractivity contribution in [1.82, 2.24) is 15.6 Å². The number of benzene rings is 2. The van der Waals surface area contributed by atoms with Gasteiger partial charge in [0.05, 0.1) is 6.54 Å². The van der Waals surface area contributed by atoms with Crippen LogP contribution in [-0.4, -0.2) is 29.9 Å². The predicted octanol–water partition coefficient (Wildman–Crippen LogP) is 2.40. The topological polar surface area (TPSA) is 74.0 Å². The number of aromatic amines is 1. The van der Waals surface area contributed by atoms with Gasteiger partial charge in [-0.3, -0.25) is 9.59 Å². The highest BCUT2D eigenvalue weighted by Crippen LogP contribution is 2.19. The number of carbonyl (C=O) groups is 2. The van der Waals surface area contributed by atoms with Crippen LogP contribution in [0.3, 0.4) is 0 Å². The van der Waals surface area contributed by atoms with Crippen molar-refractivity contribution >= 4 is 22.7 Å². The second-order valence-corrected chi connectivity index (χ2v) is 5.65. The van der Waals surface area contributed by atoms with Crippen molar-refractivity contribution in [3.8, 4) is 0 Å². The first-order valence-electron chi connectivity index (χ1n) is 7.99. The average molecular weight is 339 g/mol. The molecule has 0 saturated heterocycles. The Morgan fingerprint density at radius 3 is 2.64 bits per heavy atom. The van der Waals surface area contributed by atoms with Gasteiger partial charge >= 0.3 is 0 Å². The lowest BCUT2D eigenvalue weighted by Crippen LogP contribution is -2.37. The van der Waals surface area contributed by atoms with Crippen LogP contribution < -0.4 is 10.6 Å². The minimum Gasteiger partial charge on any atom is -0.361 e. The second-order valence-electron chi connectivity index (χ2n) is 5.65. The van der Waals surface area contributed by atoms with E-state index >= 15 is 0 Å². The van der Waals surface area contributed by atoms with Crippen molar-refractivity contribution in [1.29, 1.82) is 0 Å². The molecule has 6 heteroatoms. The SMILES string of the molecule is O=C(CNC(=O)c1ccccc1)NCCc1c[nH]c2ccc(F)cc12. The van der Waals surface area contributed by atoms with E-state index in [9.17, 15) is 14.0 Å². The van der Waals surface area contributed by atoms with Crippen LogP contribution in [-0.2, 0) is 11.2 Å². The number of rotatable bonds is 6. The van der Waals surface area contributed by atoms with Crippen LogP contribution in [0, 0.1) is 5.82 Å². The molecule has 0 unspecified atom stereocenters. The Kier molecular flexibility index (Phi) is 5.09. The van der Waals surface area contributed by atoms with Crippen LogP contribution >= 0.6 is 0 Å². The number of halogens is 1. The lowest BCUT2D eigenvalue weighted by molar-refractivity contribution is -0.120. The fraction of sp³-hybridized carbons (Fsp3) is 0.158. The Balaban J connectivity index is 1.46. The maximum atomic E-state index is 13.3. The summed E-state index contributed by atoms with van der Waals surface area (Å²) in [6.45, 7) is 0.319. The summed E-state index contributed by atoms with van der Waals surface area (Å²) in [5.41, 5.74) is 2.30. The van der Waals surface area contributed by atoms with Gasteiger partial charge in [-0.05, 0) is 42.3 Å². The predicted molar refractivity (Wildman–Crippen MR) is 93.7 cm³/mol. The smallest absolute Gasteiger partial charge is 0.251 e. The van der Waals surface area contributed by atoms with Gasteiger partial charge in [0.15, 0.2) is 0 Å². The third kappa shape index (κ3) is 4.23. The summed E-state index contributed by atoms with van der Waals surface area (Å²) in [6.07, 6.45) is 2.38. The van der Waals surface area contributed by atoms with E-state index in [1.54, 1.807) is 30.3 Å². The molecule has 1 heterocycles. The van der Waals surface area contributed by atoms with Gasteiger partial charge in [-0.1, -0.05) is 18.2 Å². The minimum absolute atomic E-state index is 0.0871. The molecule has 0 fully saturated rings. The van der Waals surface area contributed by atoms with Crippen LogP contribution in [0.15, 0.2) is 54.7 Å². The van der Waals surface area contributed by atoms with Crippen molar-refractivity contribution < 1.29 is 14.0 Å². The zero-order chi connectivity index (χ0) is 17.6. The quantitative estimate of drug-likeness (QED) is 0.645. The van der Waals surface area contributed by atoms with E-state index in [2.05, 4.69) is 15.6 Å². The molecule has 2 aromatic carbocycles. The summed E-state index contributed by atoms with van der Waals surface area (Å²) < 4.78 is 13.3. The molecule has 0 aliphatic carbocycles. The summed E-state index contributed by atoms with van der Waals surface area (Å²) in [7, 11) is 0. The molecular formula is C19H18FN3O2. The van der Waals surface area contributed by atoms with Gasteiger partial charge in [-0.15, -0.1) is 0 Å². The van der Waals surface area contributed by atoms with E-state index < -0.39 is 0 Å². The van der Waals surface area contributed by atoms with Crippen LogP contribution in [0.5, 0.6) is 0 Å². The number of hydrogen-bond acceptors (Lipinski definition) is 2.